The quantitative estimate of drug-likeness (QED) is 0.531. The number of hydrogen-bond acceptors (Lipinski definition) is 4. The lowest BCUT2D eigenvalue weighted by Crippen LogP contribution is -2.19. The van der Waals surface area contributed by atoms with Crippen LogP contribution in [-0.4, -0.2) is 26.0 Å². The van der Waals surface area contributed by atoms with Crippen molar-refractivity contribution in [3.8, 4) is 17.2 Å². The molecule has 0 atom stereocenters. The standard InChI is InChI=1S/C18H14F5NO4/c1-26-15-10-11(6-8-14(15)27-17(19)20)7-9-16(25)24-12-4-2-3-5-13(12)28-18(21,22)23/h2-10,17H,1H3,(H,24,25)/b9-7+. The number of carbonyl (C=O) groups is 1. The van der Waals surface area contributed by atoms with Crippen molar-refractivity contribution < 1.29 is 41.0 Å². The number of methoxy groups -OCH3 is 1. The zero-order chi connectivity index (χ0) is 20.7. The van der Waals surface area contributed by atoms with E-state index in [0.717, 1.165) is 12.1 Å². The van der Waals surface area contributed by atoms with Crippen LogP contribution in [-0.2, 0) is 4.79 Å². The molecule has 150 valence electrons. The van der Waals surface area contributed by atoms with Crippen LogP contribution < -0.4 is 19.5 Å². The van der Waals surface area contributed by atoms with Gasteiger partial charge >= 0.3 is 13.0 Å². The van der Waals surface area contributed by atoms with Gasteiger partial charge in [0.1, 0.15) is 0 Å². The Bertz CT molecular complexity index is 852. The summed E-state index contributed by atoms with van der Waals surface area (Å²) in [6.07, 6.45) is -2.54. The van der Waals surface area contributed by atoms with E-state index in [4.69, 9.17) is 4.74 Å². The maximum Gasteiger partial charge on any atom is 0.573 e. The molecular weight excluding hydrogens is 389 g/mol. The highest BCUT2D eigenvalue weighted by Crippen LogP contribution is 2.31. The summed E-state index contributed by atoms with van der Waals surface area (Å²) >= 11 is 0. The van der Waals surface area contributed by atoms with Gasteiger partial charge in [0, 0.05) is 6.08 Å². The summed E-state index contributed by atoms with van der Waals surface area (Å²) in [4.78, 5) is 12.0. The highest BCUT2D eigenvalue weighted by molar-refractivity contribution is 6.02. The van der Waals surface area contributed by atoms with Crippen LogP contribution in [0.15, 0.2) is 48.5 Å². The Labute approximate surface area is 156 Å². The first-order valence-electron chi connectivity index (χ1n) is 7.64. The van der Waals surface area contributed by atoms with E-state index < -0.39 is 24.6 Å². The van der Waals surface area contributed by atoms with E-state index in [1.165, 1.54) is 49.6 Å². The number of rotatable bonds is 7. The van der Waals surface area contributed by atoms with Crippen molar-refractivity contribution in [2.24, 2.45) is 0 Å². The number of benzene rings is 2. The van der Waals surface area contributed by atoms with Gasteiger partial charge in [-0.05, 0) is 35.9 Å². The fraction of sp³-hybridized carbons (Fsp3) is 0.167. The van der Waals surface area contributed by atoms with Crippen molar-refractivity contribution in [2.75, 3.05) is 12.4 Å². The molecule has 0 aliphatic rings. The van der Waals surface area contributed by atoms with Gasteiger partial charge in [-0.3, -0.25) is 4.79 Å². The monoisotopic (exact) mass is 403 g/mol. The SMILES string of the molecule is COc1cc(/C=C/C(=O)Nc2ccccc2OC(F)(F)F)ccc1OC(F)F. The predicted octanol–water partition coefficient (Wildman–Crippen LogP) is 4.85. The third-order valence-electron chi connectivity index (χ3n) is 3.20. The molecule has 0 radical (unpaired) electrons. The van der Waals surface area contributed by atoms with Crippen LogP contribution in [0.1, 0.15) is 5.56 Å². The molecule has 0 aliphatic heterocycles. The summed E-state index contributed by atoms with van der Waals surface area (Å²) in [6, 6.07) is 9.02. The number of hydrogen-bond donors (Lipinski definition) is 1. The molecule has 0 saturated heterocycles. The van der Waals surface area contributed by atoms with Crippen molar-refractivity contribution in [3.63, 3.8) is 0 Å². The minimum Gasteiger partial charge on any atom is -0.493 e. The van der Waals surface area contributed by atoms with Gasteiger partial charge in [0.25, 0.3) is 0 Å². The van der Waals surface area contributed by atoms with Crippen molar-refractivity contribution in [1.82, 2.24) is 0 Å². The van der Waals surface area contributed by atoms with Crippen LogP contribution in [0.4, 0.5) is 27.6 Å². The zero-order valence-corrected chi connectivity index (χ0v) is 14.3. The van der Waals surface area contributed by atoms with Gasteiger partial charge < -0.3 is 19.5 Å². The predicted molar refractivity (Wildman–Crippen MR) is 90.4 cm³/mol. The lowest BCUT2D eigenvalue weighted by atomic mass is 10.2. The molecule has 1 amide bonds. The molecule has 2 rings (SSSR count). The molecule has 0 bridgehead atoms. The number of para-hydroxylation sites is 2. The maximum absolute atomic E-state index is 12.4. The van der Waals surface area contributed by atoms with Crippen molar-refractivity contribution in [3.05, 3.63) is 54.1 Å². The number of ether oxygens (including phenoxy) is 3. The summed E-state index contributed by atoms with van der Waals surface area (Å²) in [5.74, 6) is -1.46. The lowest BCUT2D eigenvalue weighted by Gasteiger charge is -2.13. The van der Waals surface area contributed by atoms with E-state index in [9.17, 15) is 26.7 Å². The number of alkyl halides is 5. The topological polar surface area (TPSA) is 56.8 Å². The highest BCUT2D eigenvalue weighted by atomic mass is 19.4. The molecule has 0 heterocycles. The summed E-state index contributed by atoms with van der Waals surface area (Å²) < 4.78 is 74.9. The summed E-state index contributed by atoms with van der Waals surface area (Å²) in [5, 5.41) is 2.26. The first-order valence-corrected chi connectivity index (χ1v) is 7.64. The van der Waals surface area contributed by atoms with E-state index in [-0.39, 0.29) is 17.2 Å². The Morgan fingerprint density at radius 2 is 1.79 bits per heavy atom. The number of halogens is 5. The van der Waals surface area contributed by atoms with E-state index in [2.05, 4.69) is 14.8 Å². The Morgan fingerprint density at radius 3 is 2.43 bits per heavy atom. The average Bonchev–Trinajstić information content (AvgIpc) is 2.61. The first-order chi connectivity index (χ1) is 13.2. The fourth-order valence-electron chi connectivity index (χ4n) is 2.11. The summed E-state index contributed by atoms with van der Waals surface area (Å²) in [5.41, 5.74) is 0.237. The molecule has 0 saturated carbocycles. The second-order valence-corrected chi connectivity index (χ2v) is 5.16. The van der Waals surface area contributed by atoms with Crippen molar-refractivity contribution >= 4 is 17.7 Å². The van der Waals surface area contributed by atoms with Gasteiger partial charge in [-0.1, -0.05) is 18.2 Å². The van der Waals surface area contributed by atoms with E-state index >= 15 is 0 Å². The molecule has 0 spiro atoms. The average molecular weight is 403 g/mol. The third-order valence-corrected chi connectivity index (χ3v) is 3.20. The van der Waals surface area contributed by atoms with Crippen LogP contribution in [0.2, 0.25) is 0 Å². The van der Waals surface area contributed by atoms with Gasteiger partial charge in [0.15, 0.2) is 17.2 Å². The Hall–Kier alpha value is -3.30. The summed E-state index contributed by atoms with van der Waals surface area (Å²) in [7, 11) is 1.26. The van der Waals surface area contributed by atoms with E-state index in [1.807, 2.05) is 0 Å². The number of nitrogens with one attached hydrogen (secondary N) is 1. The number of amides is 1. The van der Waals surface area contributed by atoms with Crippen LogP contribution in [0.5, 0.6) is 17.2 Å². The lowest BCUT2D eigenvalue weighted by molar-refractivity contribution is -0.274. The third kappa shape index (κ3) is 6.45. The second-order valence-electron chi connectivity index (χ2n) is 5.16. The largest absolute Gasteiger partial charge is 0.573 e. The summed E-state index contributed by atoms with van der Waals surface area (Å²) in [6.45, 7) is -3.03. The fourth-order valence-corrected chi connectivity index (χ4v) is 2.11. The minimum absolute atomic E-state index is 0.0202. The highest BCUT2D eigenvalue weighted by Gasteiger charge is 2.32. The van der Waals surface area contributed by atoms with Gasteiger partial charge in [-0.25, -0.2) is 0 Å². The van der Waals surface area contributed by atoms with Gasteiger partial charge in [0.05, 0.1) is 12.8 Å². The van der Waals surface area contributed by atoms with Gasteiger partial charge in [0.2, 0.25) is 5.91 Å². The molecule has 5 nitrogen and oxygen atoms in total. The molecule has 0 unspecified atom stereocenters. The Balaban J connectivity index is 2.10. The van der Waals surface area contributed by atoms with Gasteiger partial charge in [-0.15, -0.1) is 13.2 Å². The maximum atomic E-state index is 12.4. The molecule has 2 aromatic carbocycles. The second kappa shape index (κ2) is 9.07. The van der Waals surface area contributed by atoms with Crippen LogP contribution >= 0.6 is 0 Å². The number of carbonyl (C=O) groups excluding carboxylic acids is 1. The molecule has 10 heteroatoms. The van der Waals surface area contributed by atoms with Crippen LogP contribution in [0.25, 0.3) is 6.08 Å². The first kappa shape index (κ1) is 21.0. The zero-order valence-electron chi connectivity index (χ0n) is 14.3. The molecular formula is C18H14F5NO4. The normalized spacial score (nSPS) is 11.5. The number of anilines is 1. The molecule has 0 fully saturated rings. The van der Waals surface area contributed by atoms with E-state index in [1.54, 1.807) is 0 Å². The molecule has 1 N–H and O–H groups in total. The molecule has 2 aromatic rings. The smallest absolute Gasteiger partial charge is 0.493 e. The molecule has 28 heavy (non-hydrogen) atoms. The Morgan fingerprint density at radius 1 is 1.07 bits per heavy atom. The Kier molecular flexibility index (Phi) is 6.80. The minimum atomic E-state index is -4.91. The molecule has 0 aliphatic carbocycles. The molecule has 0 aromatic heterocycles. The van der Waals surface area contributed by atoms with Gasteiger partial charge in [-0.2, -0.15) is 8.78 Å². The van der Waals surface area contributed by atoms with Crippen molar-refractivity contribution in [2.45, 2.75) is 13.0 Å². The van der Waals surface area contributed by atoms with Crippen LogP contribution in [0, 0.1) is 0 Å². The van der Waals surface area contributed by atoms with Crippen molar-refractivity contribution in [1.29, 1.82) is 0 Å². The van der Waals surface area contributed by atoms with Crippen LogP contribution in [0.3, 0.4) is 0 Å². The van der Waals surface area contributed by atoms with E-state index in [0.29, 0.717) is 5.56 Å².